The Morgan fingerprint density at radius 1 is 0.911 bits per heavy atom. The molecule has 0 aliphatic carbocycles. The summed E-state index contributed by atoms with van der Waals surface area (Å²) in [5, 5.41) is 10.8. The first-order valence-electron chi connectivity index (χ1n) is 13.6. The summed E-state index contributed by atoms with van der Waals surface area (Å²) in [6.45, 7) is 7.05. The highest BCUT2D eigenvalue weighted by molar-refractivity contribution is 7.71. The molecule has 1 aliphatic heterocycles. The largest absolute Gasteiger partial charge is 0.463 e. The Kier molecular flexibility index (Phi) is 11.8. The van der Waals surface area contributed by atoms with Crippen molar-refractivity contribution in [1.82, 2.24) is 4.57 Å². The number of benzene rings is 1. The number of rotatable bonds is 9. The second-order valence-corrected chi connectivity index (χ2v) is 10.6. The molecule has 0 unspecified atom stereocenters. The lowest BCUT2D eigenvalue weighted by molar-refractivity contribution is -0.269. The third kappa shape index (κ3) is 8.05. The first kappa shape index (κ1) is 35.2. The molecule has 0 bridgehead atoms. The monoisotopic (exact) mass is 662 g/mol. The highest BCUT2D eigenvalue weighted by Crippen LogP contribution is 2.39. The second kappa shape index (κ2) is 15.1. The van der Waals surface area contributed by atoms with Crippen molar-refractivity contribution < 1.29 is 52.4 Å². The molecule has 0 saturated carbocycles. The van der Waals surface area contributed by atoms with Crippen molar-refractivity contribution in [2.24, 2.45) is 0 Å². The number of nitriles is 1. The van der Waals surface area contributed by atoms with Gasteiger partial charge in [0.05, 0.1) is 17.7 Å². The Bertz CT molecular complexity index is 1600. The van der Waals surface area contributed by atoms with Gasteiger partial charge in [0.15, 0.2) is 24.5 Å². The molecule has 45 heavy (non-hydrogen) atoms. The minimum Gasteiger partial charge on any atom is -0.463 e. The number of pyridine rings is 1. The van der Waals surface area contributed by atoms with E-state index < -0.39 is 67.1 Å². The van der Waals surface area contributed by atoms with Gasteiger partial charge >= 0.3 is 29.8 Å². The molecule has 0 amide bonds. The molecule has 1 aromatic heterocycles. The number of ether oxygens (including phenoxy) is 6. The zero-order valence-corrected chi connectivity index (χ0v) is 26.9. The molecule has 240 valence electrons. The molecule has 1 aliphatic rings. The SMILES string of the molecule is CCOC(=O)c1c(-c2ccc(Cl)cc2)c(C#N)c(=S)n([C@H]2O[C@@H](COC(C)=O)[C@@H](OC(C)=O)[C@@H](OC(C)=O)[C@H]2OC(C)=O)c1C. The number of esters is 5. The van der Waals surface area contributed by atoms with Crippen molar-refractivity contribution in [3.63, 3.8) is 0 Å². The average molecular weight is 663 g/mol. The molecule has 1 aromatic carbocycles. The van der Waals surface area contributed by atoms with Crippen LogP contribution in [0.1, 0.15) is 62.5 Å². The van der Waals surface area contributed by atoms with Gasteiger partial charge < -0.3 is 33.0 Å². The summed E-state index contributed by atoms with van der Waals surface area (Å²) in [5.41, 5.74) is 0.535. The fourth-order valence-corrected chi connectivity index (χ4v) is 5.50. The summed E-state index contributed by atoms with van der Waals surface area (Å²) in [7, 11) is 0. The minimum atomic E-state index is -1.54. The van der Waals surface area contributed by atoms with E-state index in [9.17, 15) is 29.2 Å². The highest BCUT2D eigenvalue weighted by Gasteiger charge is 2.53. The lowest BCUT2D eigenvalue weighted by Crippen LogP contribution is -2.60. The third-order valence-electron chi connectivity index (χ3n) is 6.60. The van der Waals surface area contributed by atoms with Crippen LogP contribution in [0.5, 0.6) is 0 Å². The topological polar surface area (TPSA) is 169 Å². The van der Waals surface area contributed by atoms with Crippen LogP contribution in [-0.2, 0) is 47.6 Å². The maximum Gasteiger partial charge on any atom is 0.340 e. The molecule has 1 fully saturated rings. The van der Waals surface area contributed by atoms with Crippen molar-refractivity contribution in [1.29, 1.82) is 5.26 Å². The fourth-order valence-electron chi connectivity index (χ4n) is 4.99. The first-order valence-corrected chi connectivity index (χ1v) is 14.4. The van der Waals surface area contributed by atoms with E-state index in [4.69, 9.17) is 52.2 Å². The lowest BCUT2D eigenvalue weighted by Gasteiger charge is -2.45. The summed E-state index contributed by atoms with van der Waals surface area (Å²) < 4.78 is 34.5. The van der Waals surface area contributed by atoms with Crippen molar-refractivity contribution in [3.05, 3.63) is 50.7 Å². The van der Waals surface area contributed by atoms with Crippen LogP contribution < -0.4 is 0 Å². The van der Waals surface area contributed by atoms with Gasteiger partial charge in [-0.15, -0.1) is 0 Å². The Morgan fingerprint density at radius 3 is 1.98 bits per heavy atom. The molecule has 0 radical (unpaired) electrons. The number of hydrogen-bond donors (Lipinski definition) is 0. The van der Waals surface area contributed by atoms with Gasteiger partial charge in [-0.25, -0.2) is 4.79 Å². The van der Waals surface area contributed by atoms with Gasteiger partial charge in [-0.05, 0) is 31.5 Å². The van der Waals surface area contributed by atoms with Crippen LogP contribution in [0.2, 0.25) is 5.02 Å². The second-order valence-electron chi connectivity index (χ2n) is 9.81. The molecular formula is C30H31ClN2O11S. The molecular weight excluding hydrogens is 632 g/mol. The smallest absolute Gasteiger partial charge is 0.340 e. The van der Waals surface area contributed by atoms with E-state index >= 15 is 0 Å². The normalized spacial score (nSPS) is 20.7. The maximum atomic E-state index is 13.5. The zero-order valence-electron chi connectivity index (χ0n) is 25.3. The lowest BCUT2D eigenvalue weighted by atomic mass is 9.93. The van der Waals surface area contributed by atoms with E-state index in [-0.39, 0.29) is 33.6 Å². The number of nitrogens with zero attached hydrogens (tertiary/aromatic N) is 2. The van der Waals surface area contributed by atoms with Crippen LogP contribution in [0, 0.1) is 22.9 Å². The molecule has 13 nitrogen and oxygen atoms in total. The van der Waals surface area contributed by atoms with Crippen molar-refractivity contribution in [2.75, 3.05) is 13.2 Å². The van der Waals surface area contributed by atoms with Crippen LogP contribution >= 0.6 is 23.8 Å². The summed E-state index contributed by atoms with van der Waals surface area (Å²) in [6.07, 6.45) is -7.28. The first-order chi connectivity index (χ1) is 21.2. The number of hydrogen-bond acceptors (Lipinski definition) is 13. The van der Waals surface area contributed by atoms with Gasteiger partial charge in [-0.1, -0.05) is 36.0 Å². The van der Waals surface area contributed by atoms with E-state index in [1.54, 1.807) is 31.2 Å². The standard InChI is InChI=1S/C30H31ClN2O11S/c1-7-39-30(38)23-14(2)33(29(45)21(12-32)24(23)19-8-10-20(31)11-9-19)28-27(43-18(6)37)26(42-17(5)36)25(41-16(4)35)22(44-28)13-40-15(3)34/h8-11,22,25-28H,7,13H2,1-6H3/t22-,25+,26+,27+,28-/m0/s1. The summed E-state index contributed by atoms with van der Waals surface area (Å²) in [6, 6.07) is 8.41. The quantitative estimate of drug-likeness (QED) is 0.213. The van der Waals surface area contributed by atoms with E-state index in [0.29, 0.717) is 10.6 Å². The van der Waals surface area contributed by atoms with Crippen LogP contribution in [0.15, 0.2) is 24.3 Å². The van der Waals surface area contributed by atoms with E-state index in [2.05, 4.69) is 6.07 Å². The molecule has 15 heteroatoms. The molecule has 2 heterocycles. The van der Waals surface area contributed by atoms with E-state index in [0.717, 1.165) is 27.7 Å². The van der Waals surface area contributed by atoms with Gasteiger partial charge in [0, 0.05) is 44.0 Å². The van der Waals surface area contributed by atoms with E-state index in [1.807, 2.05) is 0 Å². The van der Waals surface area contributed by atoms with Gasteiger partial charge in [0.2, 0.25) is 0 Å². The van der Waals surface area contributed by atoms with Gasteiger partial charge in [0.1, 0.15) is 23.4 Å². The summed E-state index contributed by atoms with van der Waals surface area (Å²) in [5.74, 6) is -3.96. The highest BCUT2D eigenvalue weighted by atomic mass is 35.5. The maximum absolute atomic E-state index is 13.5. The fraction of sp³-hybridized carbons (Fsp3) is 0.433. The van der Waals surface area contributed by atoms with Crippen LogP contribution in [0.25, 0.3) is 11.1 Å². The summed E-state index contributed by atoms with van der Waals surface area (Å²) >= 11 is 11.9. The Hall–Kier alpha value is -4.32. The van der Waals surface area contributed by atoms with Gasteiger partial charge in [-0.3, -0.25) is 19.2 Å². The van der Waals surface area contributed by atoms with Crippen LogP contribution in [0.4, 0.5) is 0 Å². The summed E-state index contributed by atoms with van der Waals surface area (Å²) in [4.78, 5) is 62.1. The number of halogens is 1. The zero-order chi connectivity index (χ0) is 33.6. The van der Waals surface area contributed by atoms with Crippen LogP contribution in [0.3, 0.4) is 0 Å². The average Bonchev–Trinajstić information content (AvgIpc) is 2.94. The number of carbonyl (C=O) groups excluding carboxylic acids is 5. The number of aromatic nitrogens is 1. The van der Waals surface area contributed by atoms with Crippen molar-refractivity contribution in [3.8, 4) is 17.2 Å². The number of carbonyl (C=O) groups is 5. The predicted molar refractivity (Wildman–Crippen MR) is 158 cm³/mol. The third-order valence-corrected chi connectivity index (χ3v) is 7.25. The predicted octanol–water partition coefficient (Wildman–Crippen LogP) is 4.15. The Morgan fingerprint density at radius 2 is 1.47 bits per heavy atom. The minimum absolute atomic E-state index is 0.00506. The Labute approximate surface area is 268 Å². The molecule has 1 saturated heterocycles. The van der Waals surface area contributed by atoms with Crippen molar-refractivity contribution >= 4 is 53.7 Å². The molecule has 3 rings (SSSR count). The van der Waals surface area contributed by atoms with Crippen LogP contribution in [-0.4, -0.2) is 72.0 Å². The van der Waals surface area contributed by atoms with Crippen molar-refractivity contribution in [2.45, 2.75) is 72.2 Å². The molecule has 2 aromatic rings. The molecule has 0 spiro atoms. The van der Waals surface area contributed by atoms with E-state index in [1.165, 1.54) is 11.5 Å². The van der Waals surface area contributed by atoms with Gasteiger partial charge in [0.25, 0.3) is 0 Å². The molecule has 0 N–H and O–H groups in total. The van der Waals surface area contributed by atoms with Gasteiger partial charge in [-0.2, -0.15) is 5.26 Å². The molecule has 5 atom stereocenters. The Balaban J connectivity index is 2.43.